The second-order valence-corrected chi connectivity index (χ2v) is 8.25. The molecule has 1 aliphatic heterocycles. The molecule has 2 aromatic carbocycles. The lowest BCUT2D eigenvalue weighted by atomic mass is 9.98. The summed E-state index contributed by atoms with van der Waals surface area (Å²) in [5, 5.41) is 9.79. The van der Waals surface area contributed by atoms with Crippen LogP contribution in [0.1, 0.15) is 54.4 Å². The molecule has 2 heterocycles. The summed E-state index contributed by atoms with van der Waals surface area (Å²) in [6.45, 7) is 5.16. The van der Waals surface area contributed by atoms with Crippen molar-refractivity contribution < 1.29 is 19.1 Å². The van der Waals surface area contributed by atoms with Gasteiger partial charge in [0.15, 0.2) is 5.43 Å². The van der Waals surface area contributed by atoms with Crippen LogP contribution in [0.15, 0.2) is 57.7 Å². The predicted octanol–water partition coefficient (Wildman–Crippen LogP) is 4.15. The number of aliphatic hydroxyl groups is 1. The van der Waals surface area contributed by atoms with Crippen LogP contribution >= 0.6 is 0 Å². The number of fused-ring (bicyclic) bond motifs is 2. The maximum Gasteiger partial charge on any atom is 0.290 e. The molecule has 0 saturated carbocycles. The topological polar surface area (TPSA) is 80.0 Å². The molecule has 0 fully saturated rings. The summed E-state index contributed by atoms with van der Waals surface area (Å²) in [6.07, 6.45) is 1.35. The minimum absolute atomic E-state index is 0.0471. The van der Waals surface area contributed by atoms with Gasteiger partial charge in [-0.1, -0.05) is 38.1 Å². The van der Waals surface area contributed by atoms with Crippen molar-refractivity contribution in [3.8, 4) is 5.75 Å². The number of hydrogen-bond donors (Lipinski definition) is 1. The van der Waals surface area contributed by atoms with Gasteiger partial charge >= 0.3 is 0 Å². The fourth-order valence-corrected chi connectivity index (χ4v) is 3.97. The third-order valence-electron chi connectivity index (χ3n) is 5.57. The number of carbonyl (C=O) groups excluding carboxylic acids is 1. The smallest absolute Gasteiger partial charge is 0.290 e. The average Bonchev–Trinajstić information content (AvgIpc) is 3.04. The molecule has 1 aromatic heterocycles. The van der Waals surface area contributed by atoms with E-state index in [2.05, 4.69) is 13.8 Å². The summed E-state index contributed by atoms with van der Waals surface area (Å²) < 4.78 is 11.8. The maximum absolute atomic E-state index is 13.4. The highest BCUT2D eigenvalue weighted by molar-refractivity contribution is 5.99. The molecule has 1 aliphatic rings. The van der Waals surface area contributed by atoms with Crippen molar-refractivity contribution in [2.45, 2.75) is 32.7 Å². The summed E-state index contributed by atoms with van der Waals surface area (Å²) in [5.41, 5.74) is 1.33. The molecule has 3 aromatic rings. The molecule has 0 saturated heterocycles. The molecule has 1 amide bonds. The van der Waals surface area contributed by atoms with Crippen LogP contribution in [0.25, 0.3) is 11.0 Å². The zero-order chi connectivity index (χ0) is 22.0. The van der Waals surface area contributed by atoms with Crippen molar-refractivity contribution in [2.24, 2.45) is 5.92 Å². The molecule has 0 bridgehead atoms. The Bertz CT molecular complexity index is 1150. The Morgan fingerprint density at radius 2 is 1.94 bits per heavy atom. The Morgan fingerprint density at radius 3 is 2.71 bits per heavy atom. The van der Waals surface area contributed by atoms with E-state index in [1.54, 1.807) is 29.2 Å². The summed E-state index contributed by atoms with van der Waals surface area (Å²) in [5.74, 6) is 0.987. The lowest BCUT2D eigenvalue weighted by Crippen LogP contribution is -2.31. The van der Waals surface area contributed by atoms with Gasteiger partial charge in [0, 0.05) is 13.2 Å². The van der Waals surface area contributed by atoms with Gasteiger partial charge in [-0.2, -0.15) is 0 Å². The lowest BCUT2D eigenvalue weighted by molar-refractivity contribution is 0.0716. The number of rotatable bonds is 8. The number of aliphatic hydroxyl groups excluding tert-OH is 1. The van der Waals surface area contributed by atoms with Crippen LogP contribution in [0.2, 0.25) is 0 Å². The van der Waals surface area contributed by atoms with Gasteiger partial charge in [0.05, 0.1) is 23.6 Å². The SMILES string of the molecule is CC(C)CCOc1cccc([C@H]2c3c(oc4ccccc4c3=O)C(=O)N2CCCO)c1. The molecule has 0 aliphatic carbocycles. The van der Waals surface area contributed by atoms with E-state index in [0.717, 1.165) is 12.0 Å². The van der Waals surface area contributed by atoms with Gasteiger partial charge in [0.2, 0.25) is 5.76 Å². The van der Waals surface area contributed by atoms with Crippen molar-refractivity contribution >= 4 is 16.9 Å². The highest BCUT2D eigenvalue weighted by Crippen LogP contribution is 2.39. The number of carbonyl (C=O) groups is 1. The first kappa shape index (κ1) is 21.1. The van der Waals surface area contributed by atoms with Crippen molar-refractivity contribution in [2.75, 3.05) is 19.8 Å². The Kier molecular flexibility index (Phi) is 6.09. The fourth-order valence-electron chi connectivity index (χ4n) is 3.97. The van der Waals surface area contributed by atoms with Crippen LogP contribution in [-0.2, 0) is 0 Å². The third-order valence-corrected chi connectivity index (χ3v) is 5.57. The van der Waals surface area contributed by atoms with Crippen molar-refractivity contribution in [1.82, 2.24) is 4.90 Å². The van der Waals surface area contributed by atoms with Crippen LogP contribution in [0, 0.1) is 5.92 Å². The van der Waals surface area contributed by atoms with Crippen LogP contribution in [0.3, 0.4) is 0 Å². The molecular formula is C25H27NO5. The van der Waals surface area contributed by atoms with Crippen LogP contribution in [0.4, 0.5) is 0 Å². The first-order chi connectivity index (χ1) is 15.0. The summed E-state index contributed by atoms with van der Waals surface area (Å²) in [7, 11) is 0. The van der Waals surface area contributed by atoms with Gasteiger partial charge in [-0.15, -0.1) is 0 Å². The van der Waals surface area contributed by atoms with E-state index in [-0.39, 0.29) is 23.7 Å². The van der Waals surface area contributed by atoms with E-state index in [1.165, 1.54) is 0 Å². The monoisotopic (exact) mass is 421 g/mol. The molecule has 162 valence electrons. The zero-order valence-electron chi connectivity index (χ0n) is 17.8. The normalized spacial score (nSPS) is 15.7. The number of hydrogen-bond acceptors (Lipinski definition) is 5. The van der Waals surface area contributed by atoms with E-state index < -0.39 is 6.04 Å². The van der Waals surface area contributed by atoms with Gasteiger partial charge in [0.25, 0.3) is 5.91 Å². The molecule has 0 unspecified atom stereocenters. The van der Waals surface area contributed by atoms with Gasteiger partial charge in [-0.3, -0.25) is 9.59 Å². The highest BCUT2D eigenvalue weighted by atomic mass is 16.5. The molecule has 6 heteroatoms. The van der Waals surface area contributed by atoms with Crippen molar-refractivity contribution in [3.63, 3.8) is 0 Å². The van der Waals surface area contributed by atoms with Crippen LogP contribution < -0.4 is 10.2 Å². The third kappa shape index (κ3) is 4.08. The molecule has 1 N–H and O–H groups in total. The van der Waals surface area contributed by atoms with E-state index >= 15 is 0 Å². The van der Waals surface area contributed by atoms with Gasteiger partial charge in [-0.05, 0) is 48.6 Å². The zero-order valence-corrected chi connectivity index (χ0v) is 17.8. The fraction of sp³-hybridized carbons (Fsp3) is 0.360. The Balaban J connectivity index is 1.79. The number of nitrogens with zero attached hydrogens (tertiary/aromatic N) is 1. The second kappa shape index (κ2) is 8.94. The van der Waals surface area contributed by atoms with E-state index in [9.17, 15) is 14.7 Å². The largest absolute Gasteiger partial charge is 0.494 e. The van der Waals surface area contributed by atoms with Crippen LogP contribution in [0.5, 0.6) is 5.75 Å². The Labute approximate surface area is 181 Å². The Hall–Kier alpha value is -3.12. The minimum Gasteiger partial charge on any atom is -0.494 e. The first-order valence-electron chi connectivity index (χ1n) is 10.7. The van der Waals surface area contributed by atoms with E-state index in [0.29, 0.717) is 47.8 Å². The molecule has 1 atom stereocenters. The van der Waals surface area contributed by atoms with E-state index in [1.807, 2.05) is 24.3 Å². The van der Waals surface area contributed by atoms with Gasteiger partial charge in [0.1, 0.15) is 11.3 Å². The molecule has 4 rings (SSSR count). The quantitative estimate of drug-likeness (QED) is 0.591. The maximum atomic E-state index is 13.4. The molecule has 0 spiro atoms. The molecule has 6 nitrogen and oxygen atoms in total. The summed E-state index contributed by atoms with van der Waals surface area (Å²) in [6, 6.07) is 13.9. The number of ether oxygens (including phenoxy) is 1. The minimum atomic E-state index is -0.580. The molecule has 0 radical (unpaired) electrons. The number of para-hydroxylation sites is 1. The molecule has 31 heavy (non-hydrogen) atoms. The standard InChI is InChI=1S/C25H27NO5/c1-16(2)11-14-30-18-8-5-7-17(15-18)22-21-23(28)19-9-3-4-10-20(19)31-24(21)25(29)26(22)12-6-13-27/h3-5,7-10,15-16,22,27H,6,11-14H2,1-2H3/t22-/m0/s1. The first-order valence-corrected chi connectivity index (χ1v) is 10.7. The van der Waals surface area contributed by atoms with Crippen molar-refractivity contribution in [1.29, 1.82) is 0 Å². The number of benzene rings is 2. The van der Waals surface area contributed by atoms with Gasteiger partial charge < -0.3 is 19.2 Å². The van der Waals surface area contributed by atoms with Crippen LogP contribution in [-0.4, -0.2) is 35.7 Å². The van der Waals surface area contributed by atoms with Crippen molar-refractivity contribution in [3.05, 3.63) is 75.6 Å². The highest BCUT2D eigenvalue weighted by Gasteiger charge is 2.42. The second-order valence-electron chi connectivity index (χ2n) is 8.25. The molecular weight excluding hydrogens is 394 g/mol. The summed E-state index contributed by atoms with van der Waals surface area (Å²) in [4.78, 5) is 28.2. The lowest BCUT2D eigenvalue weighted by Gasteiger charge is -2.25. The van der Waals surface area contributed by atoms with E-state index in [4.69, 9.17) is 9.15 Å². The number of amides is 1. The van der Waals surface area contributed by atoms with Gasteiger partial charge in [-0.25, -0.2) is 0 Å². The Morgan fingerprint density at radius 1 is 1.13 bits per heavy atom. The summed E-state index contributed by atoms with van der Waals surface area (Å²) >= 11 is 0. The predicted molar refractivity (Wildman–Crippen MR) is 118 cm³/mol. The average molecular weight is 421 g/mol.